The van der Waals surface area contributed by atoms with E-state index in [1.807, 2.05) is 30.3 Å². The fourth-order valence-electron chi connectivity index (χ4n) is 5.16. The highest BCUT2D eigenvalue weighted by atomic mass is 16.5. The maximum absolute atomic E-state index is 13.7. The van der Waals surface area contributed by atoms with Crippen LogP contribution in [0.2, 0.25) is 0 Å². The minimum atomic E-state index is -1.10. The Morgan fingerprint density at radius 1 is 1.19 bits per heavy atom. The Morgan fingerprint density at radius 2 is 1.97 bits per heavy atom. The van der Waals surface area contributed by atoms with E-state index in [9.17, 15) is 19.5 Å². The van der Waals surface area contributed by atoms with Crippen molar-refractivity contribution >= 4 is 17.9 Å². The van der Waals surface area contributed by atoms with Crippen LogP contribution in [-0.2, 0) is 20.9 Å². The van der Waals surface area contributed by atoms with Gasteiger partial charge >= 0.3 is 12.0 Å². The van der Waals surface area contributed by atoms with E-state index in [4.69, 9.17) is 9.47 Å². The molecule has 196 valence electrons. The number of nitrogens with one attached hydrogen (secondary N) is 1. The molecule has 3 aliphatic rings. The summed E-state index contributed by atoms with van der Waals surface area (Å²) in [5, 5.41) is 13.3. The molecule has 9 heteroatoms. The molecule has 2 heterocycles. The van der Waals surface area contributed by atoms with Gasteiger partial charge in [0.25, 0.3) is 0 Å². The first-order chi connectivity index (χ1) is 17.4. The number of fused-ring (bicyclic) bond motifs is 2. The van der Waals surface area contributed by atoms with Crippen LogP contribution in [0, 0.1) is 5.92 Å². The fourth-order valence-corrected chi connectivity index (χ4v) is 5.16. The van der Waals surface area contributed by atoms with Crippen LogP contribution in [0.4, 0.5) is 4.79 Å². The summed E-state index contributed by atoms with van der Waals surface area (Å²) < 4.78 is 10.5. The summed E-state index contributed by atoms with van der Waals surface area (Å²) in [5.74, 6) is -0.269. The maximum atomic E-state index is 13.7. The molecule has 1 aromatic rings. The number of urea groups is 1. The number of esters is 1. The zero-order valence-corrected chi connectivity index (χ0v) is 21.2. The molecule has 4 rings (SSSR count). The molecule has 2 fully saturated rings. The molecule has 9 nitrogen and oxygen atoms in total. The number of ether oxygens (including phenoxy) is 2. The number of carbonyl (C=O) groups excluding carboxylic acids is 3. The number of hydrogen-bond donors (Lipinski definition) is 2. The second-order valence-corrected chi connectivity index (χ2v) is 9.88. The van der Waals surface area contributed by atoms with Crippen molar-refractivity contribution in [2.24, 2.45) is 5.92 Å². The fraction of sp³-hybridized carbons (Fsp3) is 0.593. The van der Waals surface area contributed by atoms with E-state index in [-0.39, 0.29) is 31.5 Å². The Morgan fingerprint density at radius 3 is 2.69 bits per heavy atom. The van der Waals surface area contributed by atoms with E-state index in [2.05, 4.69) is 11.4 Å². The Bertz CT molecular complexity index is 980. The summed E-state index contributed by atoms with van der Waals surface area (Å²) in [6.07, 6.45) is 7.50. The molecule has 1 saturated carbocycles. The van der Waals surface area contributed by atoms with Gasteiger partial charge in [-0.3, -0.25) is 4.79 Å². The molecular formula is C27H37N3O6. The van der Waals surface area contributed by atoms with Crippen molar-refractivity contribution in [1.29, 1.82) is 0 Å². The molecule has 4 atom stereocenters. The highest BCUT2D eigenvalue weighted by molar-refractivity contribution is 5.95. The Labute approximate surface area is 212 Å². The van der Waals surface area contributed by atoms with Crippen LogP contribution < -0.4 is 10.1 Å². The minimum Gasteiger partial charge on any atom is -0.497 e. The molecule has 36 heavy (non-hydrogen) atoms. The molecule has 0 unspecified atom stereocenters. The highest BCUT2D eigenvalue weighted by Crippen LogP contribution is 2.46. The monoisotopic (exact) mass is 499 g/mol. The minimum absolute atomic E-state index is 0.0752. The molecule has 1 aliphatic carbocycles. The standard InChI is InChI=1S/C27H37N3O6/c1-3-36-25(33)27-16-20(27)9-7-5-4-6-8-14-29(17-19-10-12-22(35-2)13-11-19)26(34)30-18-21(31)15-23(30)24(32)28-27/h7,9-13,20-21,23,31H,3-6,8,14-18H2,1-2H3,(H,28,32)/t20-,21+,23+,27-/m1/s1. The Balaban J connectivity index is 1.58. The first-order valence-electron chi connectivity index (χ1n) is 12.9. The van der Waals surface area contributed by atoms with Crippen LogP contribution in [0.15, 0.2) is 36.4 Å². The first-order valence-corrected chi connectivity index (χ1v) is 12.9. The van der Waals surface area contributed by atoms with Crippen molar-refractivity contribution in [3.63, 3.8) is 0 Å². The van der Waals surface area contributed by atoms with Gasteiger partial charge in [-0.15, -0.1) is 0 Å². The summed E-state index contributed by atoms with van der Waals surface area (Å²) in [5.41, 5.74) is -0.151. The number of aliphatic hydroxyl groups excluding tert-OH is 1. The lowest BCUT2D eigenvalue weighted by atomic mass is 10.1. The van der Waals surface area contributed by atoms with Crippen molar-refractivity contribution in [3.8, 4) is 5.75 Å². The van der Waals surface area contributed by atoms with Crippen molar-refractivity contribution in [2.45, 2.75) is 69.7 Å². The average Bonchev–Trinajstić information content (AvgIpc) is 3.42. The number of methoxy groups -OCH3 is 1. The molecule has 2 N–H and O–H groups in total. The molecule has 0 radical (unpaired) electrons. The van der Waals surface area contributed by atoms with Gasteiger partial charge in [-0.05, 0) is 50.3 Å². The third kappa shape index (κ3) is 5.67. The zero-order chi connectivity index (χ0) is 25.7. The van der Waals surface area contributed by atoms with Crippen molar-refractivity contribution < 1.29 is 29.0 Å². The molecule has 2 aliphatic heterocycles. The van der Waals surface area contributed by atoms with Gasteiger partial charge in [-0.2, -0.15) is 0 Å². The van der Waals surface area contributed by atoms with E-state index in [0.717, 1.165) is 37.0 Å². The molecule has 0 bridgehead atoms. The van der Waals surface area contributed by atoms with Crippen molar-refractivity contribution in [1.82, 2.24) is 15.1 Å². The SMILES string of the molecule is CCOC(=O)[C@@]12C[C@H]1C=CCCCCCN(Cc1ccc(OC)cc1)C(=O)N1C[C@@H](O)C[C@H]1C(=O)N2. The first kappa shape index (κ1) is 26.0. The van der Waals surface area contributed by atoms with Crippen molar-refractivity contribution in [3.05, 3.63) is 42.0 Å². The third-order valence-corrected chi connectivity index (χ3v) is 7.30. The van der Waals surface area contributed by atoms with Crippen LogP contribution in [0.5, 0.6) is 5.75 Å². The van der Waals surface area contributed by atoms with Crippen molar-refractivity contribution in [2.75, 3.05) is 26.8 Å². The van der Waals surface area contributed by atoms with Gasteiger partial charge in [0, 0.05) is 32.0 Å². The summed E-state index contributed by atoms with van der Waals surface area (Å²) in [6, 6.07) is 6.42. The Kier molecular flexibility index (Phi) is 8.18. The normalized spacial score (nSPS) is 28.9. The number of nitrogens with zero attached hydrogens (tertiary/aromatic N) is 2. The number of allylic oxidation sites excluding steroid dienone is 1. The van der Waals surface area contributed by atoms with Crippen LogP contribution >= 0.6 is 0 Å². The lowest BCUT2D eigenvalue weighted by Gasteiger charge is -2.32. The molecule has 0 spiro atoms. The molecular weight excluding hydrogens is 462 g/mol. The highest BCUT2D eigenvalue weighted by Gasteiger charge is 2.62. The molecule has 3 amide bonds. The summed E-state index contributed by atoms with van der Waals surface area (Å²) >= 11 is 0. The molecule has 0 aromatic heterocycles. The van der Waals surface area contributed by atoms with Gasteiger partial charge in [0.05, 0.1) is 19.8 Å². The van der Waals surface area contributed by atoms with Crippen LogP contribution in [0.1, 0.15) is 51.0 Å². The number of hydrogen-bond acceptors (Lipinski definition) is 6. The number of rotatable bonds is 5. The van der Waals surface area contributed by atoms with E-state index in [1.165, 1.54) is 4.90 Å². The van der Waals surface area contributed by atoms with E-state index in [1.54, 1.807) is 18.9 Å². The second kappa shape index (κ2) is 11.3. The third-order valence-electron chi connectivity index (χ3n) is 7.30. The quantitative estimate of drug-likeness (QED) is 0.476. The van der Waals surface area contributed by atoms with Gasteiger partial charge < -0.3 is 29.7 Å². The van der Waals surface area contributed by atoms with Crippen LogP contribution in [-0.4, -0.2) is 77.3 Å². The van der Waals surface area contributed by atoms with Gasteiger partial charge in [-0.25, -0.2) is 9.59 Å². The largest absolute Gasteiger partial charge is 0.497 e. The lowest BCUT2D eigenvalue weighted by Crippen LogP contribution is -2.55. The zero-order valence-electron chi connectivity index (χ0n) is 21.2. The lowest BCUT2D eigenvalue weighted by molar-refractivity contribution is -0.149. The van der Waals surface area contributed by atoms with E-state index in [0.29, 0.717) is 19.5 Å². The number of aliphatic hydroxyl groups is 1. The second-order valence-electron chi connectivity index (χ2n) is 9.88. The van der Waals surface area contributed by atoms with Gasteiger partial charge in [0.15, 0.2) is 0 Å². The number of amides is 3. The van der Waals surface area contributed by atoms with E-state index >= 15 is 0 Å². The molecule has 1 aromatic carbocycles. The van der Waals surface area contributed by atoms with Crippen LogP contribution in [0.25, 0.3) is 0 Å². The summed E-state index contributed by atoms with van der Waals surface area (Å²) in [6.45, 7) is 2.97. The topological polar surface area (TPSA) is 108 Å². The average molecular weight is 500 g/mol. The smallest absolute Gasteiger partial charge is 0.332 e. The number of carbonyl (C=O) groups is 3. The predicted octanol–water partition coefficient (Wildman–Crippen LogP) is 2.62. The summed E-state index contributed by atoms with van der Waals surface area (Å²) in [4.78, 5) is 43.2. The molecule has 1 saturated heterocycles. The van der Waals surface area contributed by atoms with Crippen LogP contribution in [0.3, 0.4) is 0 Å². The summed E-state index contributed by atoms with van der Waals surface area (Å²) in [7, 11) is 1.61. The maximum Gasteiger partial charge on any atom is 0.332 e. The van der Waals surface area contributed by atoms with Gasteiger partial charge in [0.2, 0.25) is 5.91 Å². The van der Waals surface area contributed by atoms with Gasteiger partial charge in [0.1, 0.15) is 17.3 Å². The van der Waals surface area contributed by atoms with E-state index < -0.39 is 29.6 Å². The Hall–Kier alpha value is -3.07. The predicted molar refractivity (Wildman–Crippen MR) is 133 cm³/mol. The number of benzene rings is 1. The van der Waals surface area contributed by atoms with Gasteiger partial charge in [-0.1, -0.05) is 30.7 Å².